The van der Waals surface area contributed by atoms with Crippen LogP contribution in [-0.2, 0) is 4.74 Å². The Hall–Kier alpha value is -2.74. The molecule has 0 spiro atoms. The smallest absolute Gasteiger partial charge is 0.267 e. The summed E-state index contributed by atoms with van der Waals surface area (Å²) in [5.41, 5.74) is 1.54. The predicted octanol–water partition coefficient (Wildman–Crippen LogP) is 0.646. The Labute approximate surface area is 131 Å². The van der Waals surface area contributed by atoms with Gasteiger partial charge in [0.05, 0.1) is 31.1 Å². The fourth-order valence-electron chi connectivity index (χ4n) is 2.82. The molecule has 0 aliphatic carbocycles. The van der Waals surface area contributed by atoms with Gasteiger partial charge in [-0.25, -0.2) is 14.2 Å². The Morgan fingerprint density at radius 2 is 2.17 bits per heavy atom. The molecule has 3 aromatic rings. The zero-order valence-electron chi connectivity index (χ0n) is 12.6. The normalized spacial score (nSPS) is 20.9. The highest BCUT2D eigenvalue weighted by molar-refractivity contribution is 5.67. The average Bonchev–Trinajstić information content (AvgIpc) is 3.19. The third-order valence-electron chi connectivity index (χ3n) is 3.97. The van der Waals surface area contributed by atoms with Gasteiger partial charge in [0.15, 0.2) is 5.82 Å². The molecule has 0 bridgehead atoms. The summed E-state index contributed by atoms with van der Waals surface area (Å²) in [5, 5.41) is 11.9. The molecular formula is C15H16N6O2. The molecule has 0 amide bonds. The van der Waals surface area contributed by atoms with Crippen LogP contribution in [0, 0.1) is 6.92 Å². The Bertz CT molecular complexity index is 902. The fraction of sp³-hybridized carbons (Fsp3) is 0.333. The summed E-state index contributed by atoms with van der Waals surface area (Å²) in [5.74, 6) is 0.714. The molecule has 1 fully saturated rings. The lowest BCUT2D eigenvalue weighted by Crippen LogP contribution is -2.37. The van der Waals surface area contributed by atoms with Crippen LogP contribution < -0.4 is 10.9 Å². The first-order chi connectivity index (χ1) is 11.2. The van der Waals surface area contributed by atoms with E-state index in [1.54, 1.807) is 29.2 Å². The second kappa shape index (κ2) is 5.47. The Balaban J connectivity index is 1.67. The van der Waals surface area contributed by atoms with Crippen LogP contribution in [0.2, 0.25) is 0 Å². The molecule has 1 aliphatic rings. The molecule has 1 saturated heterocycles. The van der Waals surface area contributed by atoms with Crippen LogP contribution >= 0.6 is 0 Å². The second-order valence-corrected chi connectivity index (χ2v) is 5.55. The van der Waals surface area contributed by atoms with E-state index < -0.39 is 0 Å². The van der Waals surface area contributed by atoms with Crippen LogP contribution in [0.4, 0.5) is 5.82 Å². The van der Waals surface area contributed by atoms with Gasteiger partial charge < -0.3 is 10.1 Å². The number of rotatable bonds is 3. The summed E-state index contributed by atoms with van der Waals surface area (Å²) in [4.78, 5) is 16.5. The van der Waals surface area contributed by atoms with Gasteiger partial charge in [0.1, 0.15) is 11.6 Å². The highest BCUT2D eigenvalue weighted by atomic mass is 16.5. The molecule has 8 nitrogen and oxygen atoms in total. The van der Waals surface area contributed by atoms with E-state index in [0.717, 1.165) is 11.2 Å². The maximum atomic E-state index is 12.1. The summed E-state index contributed by atoms with van der Waals surface area (Å²) in [6.07, 6.45) is 5.19. The first-order valence-corrected chi connectivity index (χ1v) is 7.41. The van der Waals surface area contributed by atoms with E-state index in [9.17, 15) is 4.79 Å². The maximum absolute atomic E-state index is 12.1. The van der Waals surface area contributed by atoms with E-state index >= 15 is 0 Å². The molecular weight excluding hydrogens is 296 g/mol. The van der Waals surface area contributed by atoms with Crippen LogP contribution in [0.15, 0.2) is 41.6 Å². The third-order valence-corrected chi connectivity index (χ3v) is 3.97. The largest absolute Gasteiger partial charge is 0.377 e. The zero-order valence-corrected chi connectivity index (χ0v) is 12.6. The van der Waals surface area contributed by atoms with Crippen molar-refractivity contribution < 1.29 is 4.74 Å². The monoisotopic (exact) mass is 312 g/mol. The Morgan fingerprint density at radius 3 is 3.09 bits per heavy atom. The highest BCUT2D eigenvalue weighted by Gasteiger charge is 2.32. The highest BCUT2D eigenvalue weighted by Crippen LogP contribution is 2.23. The lowest BCUT2D eigenvalue weighted by atomic mass is 10.1. The Morgan fingerprint density at radius 1 is 1.26 bits per heavy atom. The van der Waals surface area contributed by atoms with Gasteiger partial charge in [-0.15, -0.1) is 0 Å². The number of fused-ring (bicyclic) bond motifs is 1. The number of aromatic nitrogens is 5. The minimum atomic E-state index is -0.174. The van der Waals surface area contributed by atoms with Gasteiger partial charge in [-0.2, -0.15) is 10.2 Å². The lowest BCUT2D eigenvalue weighted by molar-refractivity contribution is 0.182. The Kier molecular flexibility index (Phi) is 3.30. The predicted molar refractivity (Wildman–Crippen MR) is 83.5 cm³/mol. The van der Waals surface area contributed by atoms with Gasteiger partial charge >= 0.3 is 0 Å². The number of hydrogen-bond acceptors (Lipinski definition) is 6. The molecule has 4 rings (SSSR count). The summed E-state index contributed by atoms with van der Waals surface area (Å²) < 4.78 is 8.82. The van der Waals surface area contributed by atoms with E-state index in [1.165, 1.54) is 10.7 Å². The van der Waals surface area contributed by atoms with Crippen molar-refractivity contribution in [2.45, 2.75) is 19.0 Å². The van der Waals surface area contributed by atoms with Gasteiger partial charge in [-0.3, -0.25) is 4.79 Å². The van der Waals surface area contributed by atoms with Crippen LogP contribution in [0.25, 0.3) is 5.52 Å². The molecule has 118 valence electrons. The molecule has 23 heavy (non-hydrogen) atoms. The SMILES string of the molecule is Cc1ccc(=O)n(C2COCC2Nc2nccn3nccc23)n1. The number of hydrogen-bond donors (Lipinski definition) is 1. The average molecular weight is 312 g/mol. The van der Waals surface area contributed by atoms with Crippen molar-refractivity contribution in [2.24, 2.45) is 0 Å². The molecule has 1 aliphatic heterocycles. The van der Waals surface area contributed by atoms with Crippen LogP contribution in [0.5, 0.6) is 0 Å². The second-order valence-electron chi connectivity index (χ2n) is 5.55. The molecule has 0 aromatic carbocycles. The molecule has 1 N–H and O–H groups in total. The van der Waals surface area contributed by atoms with E-state index in [0.29, 0.717) is 19.0 Å². The summed E-state index contributed by atoms with van der Waals surface area (Å²) >= 11 is 0. The summed E-state index contributed by atoms with van der Waals surface area (Å²) in [6.45, 7) is 2.79. The number of nitrogens with zero attached hydrogens (tertiary/aromatic N) is 5. The van der Waals surface area contributed by atoms with Crippen molar-refractivity contribution in [3.8, 4) is 0 Å². The van der Waals surface area contributed by atoms with Gasteiger partial charge in [-0.1, -0.05) is 0 Å². The van der Waals surface area contributed by atoms with Crippen molar-refractivity contribution in [3.05, 3.63) is 52.8 Å². The number of anilines is 1. The van der Waals surface area contributed by atoms with E-state index in [2.05, 4.69) is 20.5 Å². The molecule has 3 aromatic heterocycles. The molecule has 2 unspecified atom stereocenters. The van der Waals surface area contributed by atoms with E-state index in [1.807, 2.05) is 13.0 Å². The quantitative estimate of drug-likeness (QED) is 0.764. The lowest BCUT2D eigenvalue weighted by Gasteiger charge is -2.21. The van der Waals surface area contributed by atoms with Crippen molar-refractivity contribution in [1.29, 1.82) is 0 Å². The number of ether oxygens (including phenoxy) is 1. The standard InChI is InChI=1S/C15H16N6O2/c1-10-2-3-14(22)21(19-10)13-9-23-8-11(13)18-15-12-4-5-17-20(12)7-6-16-15/h2-7,11,13H,8-9H2,1H3,(H,16,18). The molecule has 4 heterocycles. The van der Waals surface area contributed by atoms with Crippen molar-refractivity contribution in [3.63, 3.8) is 0 Å². The van der Waals surface area contributed by atoms with Gasteiger partial charge in [0.2, 0.25) is 0 Å². The fourth-order valence-corrected chi connectivity index (χ4v) is 2.82. The maximum Gasteiger partial charge on any atom is 0.267 e. The minimum Gasteiger partial charge on any atom is -0.377 e. The van der Waals surface area contributed by atoms with Crippen molar-refractivity contribution in [1.82, 2.24) is 24.4 Å². The van der Waals surface area contributed by atoms with E-state index in [4.69, 9.17) is 4.74 Å². The number of nitrogens with one attached hydrogen (secondary N) is 1. The van der Waals surface area contributed by atoms with Crippen molar-refractivity contribution in [2.75, 3.05) is 18.5 Å². The van der Waals surface area contributed by atoms with Crippen LogP contribution in [-0.4, -0.2) is 43.6 Å². The zero-order chi connectivity index (χ0) is 15.8. The van der Waals surface area contributed by atoms with Gasteiger partial charge in [0.25, 0.3) is 5.56 Å². The summed E-state index contributed by atoms with van der Waals surface area (Å²) in [7, 11) is 0. The van der Waals surface area contributed by atoms with Crippen LogP contribution in [0.1, 0.15) is 11.7 Å². The molecule has 0 radical (unpaired) electrons. The molecule has 8 heteroatoms. The number of aryl methyl sites for hydroxylation is 1. The third kappa shape index (κ3) is 2.46. The van der Waals surface area contributed by atoms with E-state index in [-0.39, 0.29) is 17.6 Å². The minimum absolute atomic E-state index is 0.0874. The molecule has 0 saturated carbocycles. The first-order valence-electron chi connectivity index (χ1n) is 7.41. The van der Waals surface area contributed by atoms with Gasteiger partial charge in [-0.05, 0) is 19.1 Å². The first kappa shape index (κ1) is 13.9. The van der Waals surface area contributed by atoms with Gasteiger partial charge in [0, 0.05) is 18.5 Å². The topological polar surface area (TPSA) is 86.3 Å². The summed E-state index contributed by atoms with van der Waals surface area (Å²) in [6, 6.07) is 4.87. The van der Waals surface area contributed by atoms with Crippen LogP contribution in [0.3, 0.4) is 0 Å². The molecule has 2 atom stereocenters. The van der Waals surface area contributed by atoms with Crippen molar-refractivity contribution >= 4 is 11.3 Å².